The van der Waals surface area contributed by atoms with E-state index in [0.717, 1.165) is 16.7 Å². The third-order valence-corrected chi connectivity index (χ3v) is 4.29. The Hall–Kier alpha value is -2.05. The largest absolute Gasteiger partial charge is 0.504 e. The fraction of sp³-hybridized carbons (Fsp3) is 0.278. The summed E-state index contributed by atoms with van der Waals surface area (Å²) in [5.41, 5.74) is 2.72. The summed E-state index contributed by atoms with van der Waals surface area (Å²) < 4.78 is 4.79. The molecule has 3 rings (SSSR count). The van der Waals surface area contributed by atoms with Crippen LogP contribution in [-0.2, 0) is 11.2 Å². The molecule has 1 aliphatic heterocycles. The number of methoxy groups -OCH3 is 1. The van der Waals surface area contributed by atoms with Crippen molar-refractivity contribution in [1.82, 2.24) is 5.32 Å². The van der Waals surface area contributed by atoms with E-state index in [9.17, 15) is 15.0 Å². The van der Waals surface area contributed by atoms with Gasteiger partial charge in [-0.2, -0.15) is 0 Å². The van der Waals surface area contributed by atoms with Crippen LogP contribution in [0.25, 0.3) is 0 Å². The van der Waals surface area contributed by atoms with Crippen molar-refractivity contribution in [1.29, 1.82) is 0 Å². The Morgan fingerprint density at radius 1 is 1.25 bits per heavy atom. The van der Waals surface area contributed by atoms with Gasteiger partial charge in [0.15, 0.2) is 11.5 Å². The Morgan fingerprint density at radius 2 is 1.96 bits per heavy atom. The number of ether oxygens (including phenoxy) is 1. The Balaban J connectivity index is 0.00000208. The van der Waals surface area contributed by atoms with Gasteiger partial charge in [-0.25, -0.2) is 4.79 Å². The molecule has 3 N–H and O–H groups in total. The maximum Gasteiger partial charge on any atom is 0.342 e. The molecule has 5 nitrogen and oxygen atoms in total. The summed E-state index contributed by atoms with van der Waals surface area (Å²) in [4.78, 5) is 12.1. The van der Waals surface area contributed by atoms with Crippen molar-refractivity contribution in [3.8, 4) is 11.5 Å². The lowest BCUT2D eigenvalue weighted by Gasteiger charge is -2.21. The van der Waals surface area contributed by atoms with Gasteiger partial charge in [0.2, 0.25) is 0 Å². The van der Waals surface area contributed by atoms with E-state index in [1.54, 1.807) is 6.07 Å². The quantitative estimate of drug-likeness (QED) is 0.539. The Kier molecular flexibility index (Phi) is 5.85. The second kappa shape index (κ2) is 7.68. The second-order valence-electron chi connectivity index (χ2n) is 5.60. The van der Waals surface area contributed by atoms with E-state index in [0.29, 0.717) is 19.5 Å². The van der Waals surface area contributed by atoms with Gasteiger partial charge in [-0.05, 0) is 35.7 Å². The van der Waals surface area contributed by atoms with Gasteiger partial charge in [-0.15, -0.1) is 17.0 Å². The summed E-state index contributed by atoms with van der Waals surface area (Å²) in [6.07, 6.45) is 0.580. The molecular weight excluding hydrogens is 374 g/mol. The molecule has 128 valence electrons. The topological polar surface area (TPSA) is 78.8 Å². The number of rotatable bonds is 2. The summed E-state index contributed by atoms with van der Waals surface area (Å²) >= 11 is 0. The van der Waals surface area contributed by atoms with Gasteiger partial charge in [0.05, 0.1) is 7.11 Å². The maximum absolute atomic E-state index is 12.1. The van der Waals surface area contributed by atoms with Gasteiger partial charge in [-0.3, -0.25) is 0 Å². The maximum atomic E-state index is 12.1. The first-order valence-electron chi connectivity index (χ1n) is 7.55. The highest BCUT2D eigenvalue weighted by Gasteiger charge is 2.29. The van der Waals surface area contributed by atoms with Crippen molar-refractivity contribution in [2.24, 2.45) is 0 Å². The predicted octanol–water partition coefficient (Wildman–Crippen LogP) is 2.74. The molecule has 0 aromatic heterocycles. The van der Waals surface area contributed by atoms with Crippen molar-refractivity contribution >= 4 is 23.0 Å². The highest BCUT2D eigenvalue weighted by molar-refractivity contribution is 8.93. The van der Waals surface area contributed by atoms with Crippen molar-refractivity contribution in [2.75, 3.05) is 20.2 Å². The highest BCUT2D eigenvalue weighted by Crippen LogP contribution is 2.40. The lowest BCUT2D eigenvalue weighted by Crippen LogP contribution is -2.20. The van der Waals surface area contributed by atoms with E-state index in [2.05, 4.69) is 5.32 Å². The minimum atomic E-state index is -0.636. The van der Waals surface area contributed by atoms with Crippen LogP contribution in [0.5, 0.6) is 11.5 Å². The summed E-state index contributed by atoms with van der Waals surface area (Å²) in [5, 5.41) is 23.6. The first-order chi connectivity index (χ1) is 11.1. The first-order valence-corrected chi connectivity index (χ1v) is 7.55. The molecule has 6 heteroatoms. The van der Waals surface area contributed by atoms with Crippen molar-refractivity contribution in [3.05, 3.63) is 58.7 Å². The van der Waals surface area contributed by atoms with Gasteiger partial charge in [0.25, 0.3) is 0 Å². The number of phenols is 2. The number of aromatic hydroxyl groups is 2. The molecule has 0 fully saturated rings. The Bertz CT molecular complexity index is 734. The highest BCUT2D eigenvalue weighted by atomic mass is 79.9. The van der Waals surface area contributed by atoms with Crippen LogP contribution in [0, 0.1) is 0 Å². The molecule has 0 amide bonds. The van der Waals surface area contributed by atoms with Gasteiger partial charge >= 0.3 is 5.97 Å². The van der Waals surface area contributed by atoms with E-state index in [1.165, 1.54) is 7.11 Å². The average molecular weight is 394 g/mol. The molecule has 0 radical (unpaired) electrons. The fourth-order valence-corrected chi connectivity index (χ4v) is 3.17. The number of hydrogen-bond donors (Lipinski definition) is 3. The number of nitrogens with one attached hydrogen (secondary N) is 1. The summed E-state index contributed by atoms with van der Waals surface area (Å²) in [6, 6.07) is 11.5. The molecule has 0 saturated carbocycles. The lowest BCUT2D eigenvalue weighted by molar-refractivity contribution is 0.0595. The van der Waals surface area contributed by atoms with Crippen LogP contribution < -0.4 is 5.32 Å². The number of carbonyl (C=O) groups excluding carboxylic acids is 1. The number of esters is 1. The van der Waals surface area contributed by atoms with Crippen LogP contribution in [0.1, 0.15) is 33.0 Å². The van der Waals surface area contributed by atoms with Gasteiger partial charge < -0.3 is 20.3 Å². The summed E-state index contributed by atoms with van der Waals surface area (Å²) in [6.45, 7) is 1.38. The average Bonchev–Trinajstić information content (AvgIpc) is 2.78. The molecule has 2 aromatic carbocycles. The summed E-state index contributed by atoms with van der Waals surface area (Å²) in [5.74, 6) is -1.36. The van der Waals surface area contributed by atoms with Crippen LogP contribution in [0.4, 0.5) is 0 Å². The SMILES string of the molecule is Br.COC(=O)c1c(O)c(O)cc2c1CCNCC2c1ccccc1. The number of halogens is 1. The van der Waals surface area contributed by atoms with Crippen LogP contribution >= 0.6 is 17.0 Å². The minimum Gasteiger partial charge on any atom is -0.504 e. The van der Waals surface area contributed by atoms with Crippen molar-refractivity contribution in [2.45, 2.75) is 12.3 Å². The monoisotopic (exact) mass is 393 g/mol. The molecular formula is C18H20BrNO4. The van der Waals surface area contributed by atoms with Gasteiger partial charge in [-0.1, -0.05) is 30.3 Å². The molecule has 2 aromatic rings. The zero-order valence-corrected chi connectivity index (χ0v) is 15.0. The third kappa shape index (κ3) is 3.25. The van der Waals surface area contributed by atoms with E-state index in [-0.39, 0.29) is 34.2 Å². The molecule has 0 aliphatic carbocycles. The fourth-order valence-electron chi connectivity index (χ4n) is 3.17. The normalized spacial score (nSPS) is 16.5. The van der Waals surface area contributed by atoms with E-state index >= 15 is 0 Å². The zero-order valence-electron chi connectivity index (χ0n) is 13.3. The number of fused-ring (bicyclic) bond motifs is 1. The van der Waals surface area contributed by atoms with Crippen molar-refractivity contribution in [3.63, 3.8) is 0 Å². The minimum absolute atomic E-state index is 0. The second-order valence-corrected chi connectivity index (χ2v) is 5.60. The number of phenolic OH excluding ortho intramolecular Hbond substituents is 2. The first kappa shape index (κ1) is 18.3. The molecule has 0 bridgehead atoms. The standard InChI is InChI=1S/C18H19NO4.BrH/c1-23-18(22)16-12-7-8-19-10-14(11-5-3-2-4-6-11)13(12)9-15(20)17(16)21;/h2-6,9,14,19-21H,7-8,10H2,1H3;1H. The van der Waals surface area contributed by atoms with E-state index < -0.39 is 11.7 Å². The lowest BCUT2D eigenvalue weighted by atomic mass is 9.85. The van der Waals surface area contributed by atoms with Gasteiger partial charge in [0.1, 0.15) is 5.56 Å². The molecule has 1 aliphatic rings. The number of hydrogen-bond acceptors (Lipinski definition) is 5. The van der Waals surface area contributed by atoms with Crippen molar-refractivity contribution < 1.29 is 19.7 Å². The molecule has 1 unspecified atom stereocenters. The predicted molar refractivity (Wildman–Crippen MR) is 96.3 cm³/mol. The zero-order chi connectivity index (χ0) is 16.4. The van der Waals surface area contributed by atoms with Crippen LogP contribution in [0.2, 0.25) is 0 Å². The van der Waals surface area contributed by atoms with Crippen LogP contribution in [-0.4, -0.2) is 36.4 Å². The van der Waals surface area contributed by atoms with Crippen LogP contribution in [0.3, 0.4) is 0 Å². The Morgan fingerprint density at radius 3 is 2.62 bits per heavy atom. The third-order valence-electron chi connectivity index (χ3n) is 4.29. The molecule has 0 spiro atoms. The number of carbonyl (C=O) groups is 1. The number of benzene rings is 2. The van der Waals surface area contributed by atoms with Crippen LogP contribution in [0.15, 0.2) is 36.4 Å². The smallest absolute Gasteiger partial charge is 0.342 e. The summed E-state index contributed by atoms with van der Waals surface area (Å²) in [7, 11) is 1.27. The van der Waals surface area contributed by atoms with Gasteiger partial charge in [0, 0.05) is 12.5 Å². The molecule has 1 heterocycles. The van der Waals surface area contributed by atoms with E-state index in [4.69, 9.17) is 4.74 Å². The molecule has 24 heavy (non-hydrogen) atoms. The molecule has 1 atom stereocenters. The Labute approximate surface area is 151 Å². The molecule has 0 saturated heterocycles. The van der Waals surface area contributed by atoms with E-state index in [1.807, 2.05) is 30.3 Å².